The highest BCUT2D eigenvalue weighted by atomic mass is 32.2. The van der Waals surface area contributed by atoms with Crippen LogP contribution < -0.4 is 11.1 Å². The summed E-state index contributed by atoms with van der Waals surface area (Å²) in [4.78, 5) is 34.8. The van der Waals surface area contributed by atoms with Crippen LogP contribution in [0.4, 0.5) is 0 Å². The molecule has 0 spiro atoms. The van der Waals surface area contributed by atoms with Gasteiger partial charge in [-0.05, 0) is 43.1 Å². The summed E-state index contributed by atoms with van der Waals surface area (Å²) in [5.41, 5.74) is 6.17. The molecule has 7 nitrogen and oxygen atoms in total. The Morgan fingerprint density at radius 2 is 1.75 bits per heavy atom. The molecule has 0 aromatic heterocycles. The van der Waals surface area contributed by atoms with Crippen molar-refractivity contribution in [3.05, 3.63) is 0 Å². The van der Waals surface area contributed by atoms with Gasteiger partial charge in [-0.2, -0.15) is 11.8 Å². The van der Waals surface area contributed by atoms with Crippen LogP contribution in [0.3, 0.4) is 0 Å². The molecule has 24 heavy (non-hydrogen) atoms. The van der Waals surface area contributed by atoms with Crippen LogP contribution in [-0.4, -0.2) is 65.0 Å². The summed E-state index contributed by atoms with van der Waals surface area (Å²) in [6.45, 7) is 4.06. The van der Waals surface area contributed by atoms with Gasteiger partial charge in [0.05, 0.1) is 0 Å². The Hall–Kier alpha value is -1.28. The van der Waals surface area contributed by atoms with Crippen molar-refractivity contribution < 1.29 is 19.5 Å². The largest absolute Gasteiger partial charge is 0.481 e. The second-order valence-electron chi connectivity index (χ2n) is 6.47. The van der Waals surface area contributed by atoms with E-state index in [1.807, 2.05) is 11.2 Å². The molecule has 4 N–H and O–H groups in total. The molecule has 2 amide bonds. The Morgan fingerprint density at radius 3 is 2.17 bits per heavy atom. The molecule has 1 unspecified atom stereocenters. The first-order valence-electron chi connectivity index (χ1n) is 8.26. The van der Waals surface area contributed by atoms with Crippen LogP contribution >= 0.6 is 11.8 Å². The van der Waals surface area contributed by atoms with E-state index in [1.54, 1.807) is 11.8 Å². The maximum atomic E-state index is 12.6. The number of piperidine rings is 1. The molecule has 1 saturated carbocycles. The zero-order chi connectivity index (χ0) is 18.3. The van der Waals surface area contributed by atoms with E-state index in [1.165, 1.54) is 6.92 Å². The topological polar surface area (TPSA) is 113 Å². The standard InChI is InChI=1S/C14H25N3O2S.C2H4O2/c1-9(18)16-12(5-6-20-2)14(19)17-7-10-3-4-11(8-17)13(10)15;1-2(3)4/h10-13H,3-8,15H2,1-2H3,(H,16,18);1H3,(H,3,4)/t10-,11+,12-,13?;/m0./s1. The lowest BCUT2D eigenvalue weighted by molar-refractivity contribution is -0.138. The molecule has 1 aliphatic carbocycles. The minimum atomic E-state index is -0.833. The quantitative estimate of drug-likeness (QED) is 0.660. The van der Waals surface area contributed by atoms with E-state index in [-0.39, 0.29) is 23.9 Å². The predicted octanol–water partition coefficient (Wildman–Crippen LogP) is 0.531. The highest BCUT2D eigenvalue weighted by Gasteiger charge is 2.42. The van der Waals surface area contributed by atoms with Crippen LogP contribution in [-0.2, 0) is 14.4 Å². The lowest BCUT2D eigenvalue weighted by Gasteiger charge is -2.38. The van der Waals surface area contributed by atoms with Gasteiger partial charge in [-0.3, -0.25) is 14.4 Å². The number of hydrogen-bond acceptors (Lipinski definition) is 5. The van der Waals surface area contributed by atoms with Crippen LogP contribution in [0.2, 0.25) is 0 Å². The normalized spacial score (nSPS) is 26.2. The number of carboxylic acids is 1. The van der Waals surface area contributed by atoms with Gasteiger partial charge in [0, 0.05) is 33.0 Å². The molecular weight excluding hydrogens is 330 g/mol. The van der Waals surface area contributed by atoms with Crippen molar-refractivity contribution in [1.29, 1.82) is 0 Å². The van der Waals surface area contributed by atoms with Gasteiger partial charge in [-0.15, -0.1) is 0 Å². The molecule has 1 aliphatic heterocycles. The van der Waals surface area contributed by atoms with E-state index in [2.05, 4.69) is 5.32 Å². The Balaban J connectivity index is 0.000000648. The summed E-state index contributed by atoms with van der Waals surface area (Å²) in [6.07, 6.45) is 4.96. The van der Waals surface area contributed by atoms with E-state index in [0.29, 0.717) is 18.3 Å². The van der Waals surface area contributed by atoms with Crippen LogP contribution in [0.25, 0.3) is 0 Å². The van der Waals surface area contributed by atoms with Gasteiger partial charge < -0.3 is 21.1 Å². The molecular formula is C16H29N3O4S. The number of likely N-dealkylation sites (tertiary alicyclic amines) is 1. The number of carbonyl (C=O) groups is 3. The molecule has 1 heterocycles. The number of amides is 2. The third-order valence-electron chi connectivity index (χ3n) is 4.50. The summed E-state index contributed by atoms with van der Waals surface area (Å²) in [5, 5.41) is 10.2. The fourth-order valence-electron chi connectivity index (χ4n) is 3.40. The SMILES string of the molecule is CC(=O)O.CSCC[C@H](NC(C)=O)C(=O)N1C[C@H]2CC[C@@H](C1)C2N. The summed E-state index contributed by atoms with van der Waals surface area (Å²) in [6, 6.07) is -0.127. The molecule has 0 radical (unpaired) electrons. The molecule has 2 bridgehead atoms. The Bertz CT molecular complexity index is 443. The second kappa shape index (κ2) is 9.88. The highest BCUT2D eigenvalue weighted by molar-refractivity contribution is 7.98. The van der Waals surface area contributed by atoms with Gasteiger partial charge in [0.25, 0.3) is 5.97 Å². The number of nitrogens with two attached hydrogens (primary N) is 1. The number of nitrogens with one attached hydrogen (secondary N) is 1. The van der Waals surface area contributed by atoms with Crippen LogP contribution in [0.5, 0.6) is 0 Å². The lowest BCUT2D eigenvalue weighted by atomic mass is 9.92. The van der Waals surface area contributed by atoms with Crippen molar-refractivity contribution in [1.82, 2.24) is 10.2 Å². The molecule has 138 valence electrons. The Labute approximate surface area is 147 Å². The average Bonchev–Trinajstić information content (AvgIpc) is 2.72. The summed E-state index contributed by atoms with van der Waals surface area (Å²) < 4.78 is 0. The molecule has 1 saturated heterocycles. The fourth-order valence-corrected chi connectivity index (χ4v) is 3.87. The first kappa shape index (κ1) is 20.8. The van der Waals surface area contributed by atoms with Crippen LogP contribution in [0, 0.1) is 11.8 Å². The predicted molar refractivity (Wildman–Crippen MR) is 94.7 cm³/mol. The van der Waals surface area contributed by atoms with Gasteiger partial charge >= 0.3 is 0 Å². The minimum Gasteiger partial charge on any atom is -0.481 e. The Morgan fingerprint density at radius 1 is 1.25 bits per heavy atom. The van der Waals surface area contributed by atoms with Crippen molar-refractivity contribution in [2.75, 3.05) is 25.1 Å². The lowest BCUT2D eigenvalue weighted by Crippen LogP contribution is -2.56. The maximum Gasteiger partial charge on any atom is 0.300 e. The van der Waals surface area contributed by atoms with Gasteiger partial charge in [-0.25, -0.2) is 0 Å². The van der Waals surface area contributed by atoms with Crippen molar-refractivity contribution in [3.63, 3.8) is 0 Å². The maximum absolute atomic E-state index is 12.6. The number of fused-ring (bicyclic) bond motifs is 2. The molecule has 0 aromatic rings. The fraction of sp³-hybridized carbons (Fsp3) is 0.812. The zero-order valence-corrected chi connectivity index (χ0v) is 15.5. The van der Waals surface area contributed by atoms with E-state index < -0.39 is 5.97 Å². The molecule has 2 fully saturated rings. The van der Waals surface area contributed by atoms with E-state index in [0.717, 1.165) is 38.6 Å². The van der Waals surface area contributed by atoms with E-state index >= 15 is 0 Å². The van der Waals surface area contributed by atoms with Gasteiger partial charge in [-0.1, -0.05) is 0 Å². The number of carbonyl (C=O) groups excluding carboxylic acids is 2. The number of thioether (sulfide) groups is 1. The van der Waals surface area contributed by atoms with Crippen LogP contribution in [0.15, 0.2) is 0 Å². The monoisotopic (exact) mass is 359 g/mol. The third kappa shape index (κ3) is 6.32. The summed E-state index contributed by atoms with van der Waals surface area (Å²) in [5.74, 6) is 0.850. The second-order valence-corrected chi connectivity index (χ2v) is 7.46. The number of hydrogen-bond donors (Lipinski definition) is 3. The van der Waals surface area contributed by atoms with Crippen molar-refractivity contribution >= 4 is 29.5 Å². The summed E-state index contributed by atoms with van der Waals surface area (Å²) in [7, 11) is 0. The van der Waals surface area contributed by atoms with E-state index in [4.69, 9.17) is 15.6 Å². The summed E-state index contributed by atoms with van der Waals surface area (Å²) >= 11 is 1.69. The van der Waals surface area contributed by atoms with Gasteiger partial charge in [0.15, 0.2) is 0 Å². The van der Waals surface area contributed by atoms with Gasteiger partial charge in [0.1, 0.15) is 6.04 Å². The smallest absolute Gasteiger partial charge is 0.300 e. The van der Waals surface area contributed by atoms with Crippen molar-refractivity contribution in [2.45, 2.75) is 45.2 Å². The number of aliphatic carboxylic acids is 1. The first-order chi connectivity index (χ1) is 11.3. The highest BCUT2D eigenvalue weighted by Crippen LogP contribution is 2.35. The number of carboxylic acid groups (broad SMARTS) is 1. The molecule has 2 rings (SSSR count). The minimum absolute atomic E-state index is 0.0676. The average molecular weight is 359 g/mol. The van der Waals surface area contributed by atoms with Gasteiger partial charge in [0.2, 0.25) is 11.8 Å². The van der Waals surface area contributed by atoms with Crippen molar-refractivity contribution in [2.24, 2.45) is 17.6 Å². The molecule has 4 atom stereocenters. The van der Waals surface area contributed by atoms with E-state index in [9.17, 15) is 9.59 Å². The molecule has 8 heteroatoms. The number of nitrogens with zero attached hydrogens (tertiary/aromatic N) is 1. The molecule has 0 aromatic carbocycles. The molecule has 2 aliphatic rings. The Kier molecular flexibility index (Phi) is 8.55. The third-order valence-corrected chi connectivity index (χ3v) is 5.15. The van der Waals surface area contributed by atoms with Crippen LogP contribution in [0.1, 0.15) is 33.1 Å². The zero-order valence-electron chi connectivity index (χ0n) is 14.7. The van der Waals surface area contributed by atoms with Crippen molar-refractivity contribution in [3.8, 4) is 0 Å². The number of rotatable bonds is 5. The first-order valence-corrected chi connectivity index (χ1v) is 9.65.